The maximum atomic E-state index is 13.6. The second-order valence-electron chi connectivity index (χ2n) is 5.40. The summed E-state index contributed by atoms with van der Waals surface area (Å²) < 4.78 is 36.8. The van der Waals surface area contributed by atoms with E-state index in [1.165, 1.54) is 0 Å². The first-order chi connectivity index (χ1) is 9.67. The van der Waals surface area contributed by atoms with Crippen LogP contribution in [0.3, 0.4) is 0 Å². The van der Waals surface area contributed by atoms with Crippen molar-refractivity contribution in [2.45, 2.75) is 32.4 Å². The number of carbonyl (C=O) groups excluding carboxylic acids is 1. The molecule has 0 bridgehead atoms. The van der Waals surface area contributed by atoms with E-state index in [2.05, 4.69) is 10.1 Å². The molecule has 0 saturated heterocycles. The molecule has 1 amide bonds. The van der Waals surface area contributed by atoms with Gasteiger partial charge in [0.25, 0.3) is 0 Å². The van der Waals surface area contributed by atoms with E-state index < -0.39 is 41.7 Å². The van der Waals surface area contributed by atoms with Gasteiger partial charge in [0, 0.05) is 0 Å². The topological polar surface area (TPSA) is 67.8 Å². The van der Waals surface area contributed by atoms with Gasteiger partial charge in [0.2, 0.25) is 0 Å². The SMILES string of the molecule is COc1c(F)cc([C@@H](CO)NC(=O)OC(C)(C)C)cc1F. The van der Waals surface area contributed by atoms with Crippen LogP contribution in [0.5, 0.6) is 5.75 Å². The monoisotopic (exact) mass is 303 g/mol. The Hall–Kier alpha value is -1.89. The van der Waals surface area contributed by atoms with Crippen molar-refractivity contribution in [1.29, 1.82) is 0 Å². The van der Waals surface area contributed by atoms with Crippen LogP contribution in [0.1, 0.15) is 32.4 Å². The van der Waals surface area contributed by atoms with Gasteiger partial charge in [-0.25, -0.2) is 13.6 Å². The Bertz CT molecular complexity index is 491. The standard InChI is InChI=1S/C14H19F2NO4/c1-14(2,3)21-13(19)17-11(7-18)8-5-9(15)12(20-4)10(16)6-8/h5-6,11,18H,7H2,1-4H3,(H,17,19)/t11-/m1/s1. The highest BCUT2D eigenvalue weighted by Crippen LogP contribution is 2.26. The van der Waals surface area contributed by atoms with Crippen molar-refractivity contribution in [3.8, 4) is 5.75 Å². The Kier molecular flexibility index (Phi) is 5.48. The van der Waals surface area contributed by atoms with Gasteiger partial charge in [-0.1, -0.05) is 0 Å². The molecule has 2 N–H and O–H groups in total. The summed E-state index contributed by atoms with van der Waals surface area (Å²) in [7, 11) is 1.14. The third kappa shape index (κ3) is 4.86. The summed E-state index contributed by atoms with van der Waals surface area (Å²) in [4.78, 5) is 11.6. The minimum Gasteiger partial charge on any atom is -0.491 e. The normalized spacial score (nSPS) is 12.7. The molecule has 1 aromatic carbocycles. The van der Waals surface area contributed by atoms with Gasteiger partial charge < -0.3 is 19.9 Å². The zero-order valence-electron chi connectivity index (χ0n) is 12.4. The van der Waals surface area contributed by atoms with Crippen LogP contribution in [0, 0.1) is 11.6 Å². The number of methoxy groups -OCH3 is 1. The molecular formula is C14H19F2NO4. The van der Waals surface area contributed by atoms with E-state index in [1.54, 1.807) is 20.8 Å². The van der Waals surface area contributed by atoms with Crippen LogP contribution in [-0.4, -0.2) is 30.5 Å². The Balaban J connectivity index is 2.93. The van der Waals surface area contributed by atoms with Crippen LogP contribution < -0.4 is 10.1 Å². The maximum absolute atomic E-state index is 13.6. The van der Waals surface area contributed by atoms with Crippen molar-refractivity contribution in [3.63, 3.8) is 0 Å². The van der Waals surface area contributed by atoms with Crippen LogP contribution in [0.4, 0.5) is 13.6 Å². The summed E-state index contributed by atoms with van der Waals surface area (Å²) in [6, 6.07) is 0.982. The minimum atomic E-state index is -0.991. The largest absolute Gasteiger partial charge is 0.491 e. The molecule has 5 nitrogen and oxygen atoms in total. The number of aliphatic hydroxyl groups excluding tert-OH is 1. The van der Waals surface area contributed by atoms with Gasteiger partial charge in [-0.3, -0.25) is 0 Å². The Morgan fingerprint density at radius 1 is 1.33 bits per heavy atom. The van der Waals surface area contributed by atoms with E-state index in [4.69, 9.17) is 4.74 Å². The lowest BCUT2D eigenvalue weighted by Crippen LogP contribution is -2.36. The zero-order chi connectivity index (χ0) is 16.2. The summed E-state index contributed by atoms with van der Waals surface area (Å²) in [5, 5.41) is 11.6. The first-order valence-electron chi connectivity index (χ1n) is 6.31. The highest BCUT2D eigenvalue weighted by atomic mass is 19.1. The number of hydrogen-bond acceptors (Lipinski definition) is 4. The van der Waals surface area contributed by atoms with E-state index in [1.807, 2.05) is 0 Å². The average Bonchev–Trinajstić information content (AvgIpc) is 2.33. The highest BCUT2D eigenvalue weighted by Gasteiger charge is 2.22. The molecule has 0 aliphatic rings. The Morgan fingerprint density at radius 2 is 1.86 bits per heavy atom. The fourth-order valence-corrected chi connectivity index (χ4v) is 1.66. The Labute approximate surface area is 121 Å². The highest BCUT2D eigenvalue weighted by molar-refractivity contribution is 5.68. The van der Waals surface area contributed by atoms with Crippen LogP contribution in [0.15, 0.2) is 12.1 Å². The predicted molar refractivity (Wildman–Crippen MR) is 72.1 cm³/mol. The molecule has 1 atom stereocenters. The lowest BCUT2D eigenvalue weighted by molar-refractivity contribution is 0.0481. The third-order valence-electron chi connectivity index (χ3n) is 2.50. The van der Waals surface area contributed by atoms with Gasteiger partial charge >= 0.3 is 6.09 Å². The molecule has 1 rings (SSSR count). The summed E-state index contributed by atoms with van der Waals surface area (Å²) in [6.45, 7) is 4.48. The molecule has 0 aromatic heterocycles. The second kappa shape index (κ2) is 6.71. The quantitative estimate of drug-likeness (QED) is 0.897. The van der Waals surface area contributed by atoms with Gasteiger partial charge in [-0.05, 0) is 38.5 Å². The van der Waals surface area contributed by atoms with Gasteiger partial charge in [0.15, 0.2) is 17.4 Å². The number of benzene rings is 1. The van der Waals surface area contributed by atoms with Gasteiger partial charge in [0.05, 0.1) is 19.8 Å². The van der Waals surface area contributed by atoms with Crippen LogP contribution >= 0.6 is 0 Å². The van der Waals surface area contributed by atoms with Gasteiger partial charge in [-0.2, -0.15) is 0 Å². The molecule has 0 aliphatic heterocycles. The summed E-state index contributed by atoms with van der Waals surface area (Å²) in [6.07, 6.45) is -0.793. The average molecular weight is 303 g/mol. The number of amides is 1. The summed E-state index contributed by atoms with van der Waals surface area (Å²) >= 11 is 0. The molecule has 0 aliphatic carbocycles. The number of halogens is 2. The zero-order valence-corrected chi connectivity index (χ0v) is 12.4. The molecule has 0 heterocycles. The molecule has 0 radical (unpaired) electrons. The van der Waals surface area contributed by atoms with E-state index in [0.717, 1.165) is 19.2 Å². The fourth-order valence-electron chi connectivity index (χ4n) is 1.66. The Morgan fingerprint density at radius 3 is 2.24 bits per heavy atom. The van der Waals surface area contributed by atoms with Crippen molar-refractivity contribution in [3.05, 3.63) is 29.3 Å². The number of alkyl carbamates (subject to hydrolysis) is 1. The van der Waals surface area contributed by atoms with Crippen molar-refractivity contribution >= 4 is 6.09 Å². The molecule has 7 heteroatoms. The molecule has 0 spiro atoms. The molecular weight excluding hydrogens is 284 g/mol. The number of ether oxygens (including phenoxy) is 2. The molecule has 0 saturated carbocycles. The number of aliphatic hydroxyl groups is 1. The van der Waals surface area contributed by atoms with Crippen molar-refractivity contribution in [1.82, 2.24) is 5.32 Å². The van der Waals surface area contributed by atoms with Gasteiger partial charge in [0.1, 0.15) is 5.60 Å². The van der Waals surface area contributed by atoms with E-state index in [-0.39, 0.29) is 5.56 Å². The first kappa shape index (κ1) is 17.2. The summed E-state index contributed by atoms with van der Waals surface area (Å²) in [5.41, 5.74) is -0.653. The summed E-state index contributed by atoms with van der Waals surface area (Å²) in [5.74, 6) is -2.36. The minimum absolute atomic E-state index is 0.0687. The van der Waals surface area contributed by atoms with Crippen LogP contribution in [-0.2, 0) is 4.74 Å². The second-order valence-corrected chi connectivity index (χ2v) is 5.40. The fraction of sp³-hybridized carbons (Fsp3) is 0.500. The van der Waals surface area contributed by atoms with E-state index >= 15 is 0 Å². The van der Waals surface area contributed by atoms with E-state index in [0.29, 0.717) is 0 Å². The molecule has 21 heavy (non-hydrogen) atoms. The van der Waals surface area contributed by atoms with Gasteiger partial charge in [-0.15, -0.1) is 0 Å². The third-order valence-corrected chi connectivity index (χ3v) is 2.50. The van der Waals surface area contributed by atoms with Crippen molar-refractivity contribution in [2.75, 3.05) is 13.7 Å². The maximum Gasteiger partial charge on any atom is 0.408 e. The van der Waals surface area contributed by atoms with Crippen molar-refractivity contribution in [2.24, 2.45) is 0 Å². The van der Waals surface area contributed by atoms with Crippen LogP contribution in [0.2, 0.25) is 0 Å². The number of hydrogen-bond donors (Lipinski definition) is 2. The molecule has 0 unspecified atom stereocenters. The molecule has 0 fully saturated rings. The number of nitrogens with one attached hydrogen (secondary N) is 1. The lowest BCUT2D eigenvalue weighted by Gasteiger charge is -2.23. The molecule has 118 valence electrons. The number of rotatable bonds is 4. The lowest BCUT2D eigenvalue weighted by atomic mass is 10.1. The van der Waals surface area contributed by atoms with Crippen LogP contribution in [0.25, 0.3) is 0 Å². The van der Waals surface area contributed by atoms with E-state index in [9.17, 15) is 18.7 Å². The smallest absolute Gasteiger partial charge is 0.408 e. The van der Waals surface area contributed by atoms with Crippen molar-refractivity contribution < 1.29 is 28.2 Å². The first-order valence-corrected chi connectivity index (χ1v) is 6.31. The molecule has 1 aromatic rings. The number of carbonyl (C=O) groups is 1. The predicted octanol–water partition coefficient (Wildman–Crippen LogP) is 2.53.